The molecule has 3 aromatic heterocycles. The van der Waals surface area contributed by atoms with Crippen molar-refractivity contribution in [1.82, 2.24) is 30.3 Å². The maximum atomic E-state index is 13.0. The Morgan fingerprint density at radius 2 is 1.97 bits per heavy atom. The minimum Gasteiger partial charge on any atom is -0.342 e. The summed E-state index contributed by atoms with van der Waals surface area (Å²) in [6, 6.07) is 0.0829. The molecule has 4 rings (SSSR count). The molecule has 0 saturated heterocycles. The van der Waals surface area contributed by atoms with Gasteiger partial charge in [0.15, 0.2) is 0 Å². The molecular formula is C19H16ClF3N8O2S. The average molecular weight is 513 g/mol. The summed E-state index contributed by atoms with van der Waals surface area (Å²) >= 11 is 6.52. The van der Waals surface area contributed by atoms with Gasteiger partial charge in [-0.3, -0.25) is 9.59 Å². The molecule has 0 aliphatic carbocycles. The van der Waals surface area contributed by atoms with Gasteiger partial charge in [-0.1, -0.05) is 11.6 Å². The third-order valence-electron chi connectivity index (χ3n) is 4.72. The summed E-state index contributed by atoms with van der Waals surface area (Å²) in [5.74, 6) is -0.898. The monoisotopic (exact) mass is 512 g/mol. The van der Waals surface area contributed by atoms with Crippen LogP contribution in [0.4, 0.5) is 24.8 Å². The second-order valence-corrected chi connectivity index (χ2v) is 8.75. The molecule has 2 amide bonds. The van der Waals surface area contributed by atoms with Crippen LogP contribution in [-0.2, 0) is 12.7 Å². The van der Waals surface area contributed by atoms with Crippen LogP contribution in [0.25, 0.3) is 0 Å². The van der Waals surface area contributed by atoms with Gasteiger partial charge in [-0.25, -0.2) is 24.9 Å². The van der Waals surface area contributed by atoms with Gasteiger partial charge >= 0.3 is 6.18 Å². The molecule has 0 fully saturated rings. The van der Waals surface area contributed by atoms with E-state index in [4.69, 9.17) is 11.6 Å². The molecule has 4 heterocycles. The SMILES string of the molecule is CC(NC(=O)c1ncnc2c1CN(C)N2)c1ncc(C(=O)Nc2cc(C(F)(F)F)c(Cl)cn2)s1. The number of hydrogen-bond donors (Lipinski definition) is 3. The number of thiazole rings is 1. The predicted molar refractivity (Wildman–Crippen MR) is 117 cm³/mol. The normalized spacial score (nSPS) is 14.3. The number of nitrogens with one attached hydrogen (secondary N) is 3. The van der Waals surface area contributed by atoms with Gasteiger partial charge in [-0.05, 0) is 13.0 Å². The largest absolute Gasteiger partial charge is 0.418 e. The molecule has 15 heteroatoms. The van der Waals surface area contributed by atoms with Crippen molar-refractivity contribution in [3.63, 3.8) is 0 Å². The van der Waals surface area contributed by atoms with Crippen LogP contribution in [0.15, 0.2) is 24.8 Å². The fourth-order valence-corrected chi connectivity index (χ4v) is 4.16. The Kier molecular flexibility index (Phi) is 6.38. The molecule has 3 aromatic rings. The molecule has 0 bridgehead atoms. The lowest BCUT2D eigenvalue weighted by Crippen LogP contribution is -2.28. The summed E-state index contributed by atoms with van der Waals surface area (Å²) in [4.78, 5) is 41.4. The van der Waals surface area contributed by atoms with E-state index < -0.39 is 34.6 Å². The van der Waals surface area contributed by atoms with Gasteiger partial charge in [0.05, 0.1) is 22.8 Å². The van der Waals surface area contributed by atoms with Gasteiger partial charge in [0.25, 0.3) is 11.8 Å². The lowest BCUT2D eigenvalue weighted by atomic mass is 10.2. The van der Waals surface area contributed by atoms with Gasteiger partial charge in [0.2, 0.25) is 0 Å². The van der Waals surface area contributed by atoms with E-state index >= 15 is 0 Å². The molecule has 1 atom stereocenters. The first kappa shape index (κ1) is 23.8. The molecule has 1 unspecified atom stereocenters. The minimum atomic E-state index is -4.69. The van der Waals surface area contributed by atoms with Crippen LogP contribution in [0.3, 0.4) is 0 Å². The van der Waals surface area contributed by atoms with Gasteiger partial charge < -0.3 is 16.1 Å². The van der Waals surface area contributed by atoms with E-state index in [1.807, 2.05) is 0 Å². The fourth-order valence-electron chi connectivity index (χ4n) is 3.13. The molecule has 3 N–H and O–H groups in total. The fraction of sp³-hybridized carbons (Fsp3) is 0.263. The van der Waals surface area contributed by atoms with Crippen LogP contribution >= 0.6 is 22.9 Å². The number of aromatic nitrogens is 4. The number of pyridine rings is 1. The zero-order valence-electron chi connectivity index (χ0n) is 17.6. The molecular weight excluding hydrogens is 497 g/mol. The Hall–Kier alpha value is -3.36. The van der Waals surface area contributed by atoms with Crippen LogP contribution < -0.4 is 16.1 Å². The molecule has 0 radical (unpaired) electrons. The number of anilines is 2. The highest BCUT2D eigenvalue weighted by Gasteiger charge is 2.34. The highest BCUT2D eigenvalue weighted by Crippen LogP contribution is 2.35. The van der Waals surface area contributed by atoms with E-state index in [1.165, 1.54) is 12.5 Å². The van der Waals surface area contributed by atoms with E-state index in [-0.39, 0.29) is 16.4 Å². The number of carbonyl (C=O) groups excluding carboxylic acids is 2. The van der Waals surface area contributed by atoms with E-state index in [2.05, 4.69) is 36.0 Å². The molecule has 10 nitrogen and oxygen atoms in total. The summed E-state index contributed by atoms with van der Waals surface area (Å²) < 4.78 is 39.1. The van der Waals surface area contributed by atoms with Crippen molar-refractivity contribution in [2.24, 2.45) is 0 Å². The molecule has 0 spiro atoms. The summed E-state index contributed by atoms with van der Waals surface area (Å²) in [6.45, 7) is 2.13. The van der Waals surface area contributed by atoms with Gasteiger partial charge in [0.1, 0.15) is 33.5 Å². The third-order valence-corrected chi connectivity index (χ3v) is 6.20. The standard InChI is InChI=1S/C19H16ClF3N8O2S/c1-8(28-17(33)14-9-6-31(2)30-15(9)27-7-26-14)18-25-5-12(34-18)16(32)29-13-3-10(19(21,22)23)11(20)4-24-13/h3-5,7-8H,6H2,1-2H3,(H,28,33)(H,24,29,32)(H,26,27,30). The highest BCUT2D eigenvalue weighted by molar-refractivity contribution is 7.13. The topological polar surface area (TPSA) is 125 Å². The van der Waals surface area contributed by atoms with Gasteiger partial charge in [-0.15, -0.1) is 11.3 Å². The van der Waals surface area contributed by atoms with E-state index in [9.17, 15) is 22.8 Å². The number of rotatable bonds is 5. The van der Waals surface area contributed by atoms with Gasteiger partial charge in [-0.2, -0.15) is 13.2 Å². The first-order valence-electron chi connectivity index (χ1n) is 9.65. The third kappa shape index (κ3) is 4.93. The van der Waals surface area contributed by atoms with Crippen molar-refractivity contribution in [1.29, 1.82) is 0 Å². The van der Waals surface area contributed by atoms with E-state index in [0.717, 1.165) is 17.5 Å². The molecule has 0 aromatic carbocycles. The van der Waals surface area contributed by atoms with Crippen LogP contribution in [0.2, 0.25) is 5.02 Å². The maximum Gasteiger partial charge on any atom is 0.418 e. The Bertz CT molecular complexity index is 1270. The second-order valence-electron chi connectivity index (χ2n) is 7.28. The van der Waals surface area contributed by atoms with Crippen molar-refractivity contribution in [2.75, 3.05) is 17.8 Å². The zero-order valence-corrected chi connectivity index (χ0v) is 19.1. The number of hydrazine groups is 1. The van der Waals surface area contributed by atoms with Gasteiger partial charge in [0, 0.05) is 25.4 Å². The number of alkyl halides is 3. The van der Waals surface area contributed by atoms with Crippen molar-refractivity contribution >= 4 is 46.4 Å². The first-order valence-corrected chi connectivity index (χ1v) is 10.8. The predicted octanol–water partition coefficient (Wildman–Crippen LogP) is 3.52. The highest BCUT2D eigenvalue weighted by atomic mass is 35.5. The summed E-state index contributed by atoms with van der Waals surface area (Å²) in [7, 11) is 1.80. The van der Waals surface area contributed by atoms with Crippen LogP contribution in [0.5, 0.6) is 0 Å². The maximum absolute atomic E-state index is 13.0. The van der Waals surface area contributed by atoms with Crippen molar-refractivity contribution in [2.45, 2.75) is 25.7 Å². The Morgan fingerprint density at radius 3 is 2.71 bits per heavy atom. The number of fused-ring (bicyclic) bond motifs is 1. The zero-order chi connectivity index (χ0) is 24.6. The van der Waals surface area contributed by atoms with E-state index in [1.54, 1.807) is 19.0 Å². The van der Waals surface area contributed by atoms with Crippen LogP contribution in [0.1, 0.15) is 49.3 Å². The summed E-state index contributed by atoms with van der Waals surface area (Å²) in [5, 5.41) is 6.67. The van der Waals surface area contributed by atoms with Crippen molar-refractivity contribution in [3.8, 4) is 0 Å². The smallest absolute Gasteiger partial charge is 0.342 e. The molecule has 1 aliphatic rings. The van der Waals surface area contributed by atoms with Crippen LogP contribution in [-0.4, -0.2) is 43.8 Å². The Morgan fingerprint density at radius 1 is 1.21 bits per heavy atom. The van der Waals surface area contributed by atoms with Crippen molar-refractivity contribution < 1.29 is 22.8 Å². The molecule has 1 aliphatic heterocycles. The number of nitrogens with zero attached hydrogens (tertiary/aromatic N) is 5. The minimum absolute atomic E-state index is 0.121. The molecule has 0 saturated carbocycles. The number of halogens is 4. The number of amides is 2. The molecule has 178 valence electrons. The quantitative estimate of drug-likeness (QED) is 0.474. The van der Waals surface area contributed by atoms with Crippen LogP contribution in [0, 0.1) is 0 Å². The van der Waals surface area contributed by atoms with Crippen molar-refractivity contribution in [3.05, 3.63) is 56.5 Å². The summed E-state index contributed by atoms with van der Waals surface area (Å²) in [5.41, 5.74) is 2.76. The number of hydrogen-bond acceptors (Lipinski definition) is 9. The Balaban J connectivity index is 1.44. The second kappa shape index (κ2) is 9.12. The average Bonchev–Trinajstić information content (AvgIpc) is 3.40. The lowest BCUT2D eigenvalue weighted by Gasteiger charge is -2.12. The Labute approximate surface area is 199 Å². The summed E-state index contributed by atoms with van der Waals surface area (Å²) in [6.07, 6.45) is -1.34. The molecule has 34 heavy (non-hydrogen) atoms. The lowest BCUT2D eigenvalue weighted by molar-refractivity contribution is -0.137. The number of carbonyl (C=O) groups is 2. The van der Waals surface area contributed by atoms with E-state index in [0.29, 0.717) is 29.0 Å². The first-order chi connectivity index (χ1) is 16.0.